The first kappa shape index (κ1) is 7.99. The molecule has 60 valence electrons. The summed E-state index contributed by atoms with van der Waals surface area (Å²) < 4.78 is 12.2. The van der Waals surface area contributed by atoms with Crippen LogP contribution in [0, 0.1) is 5.92 Å². The number of alkyl halides is 1. The van der Waals surface area contributed by atoms with Crippen LogP contribution in [-0.2, 0) is 0 Å². The van der Waals surface area contributed by atoms with Crippen molar-refractivity contribution < 1.29 is 4.39 Å². The summed E-state index contributed by atoms with van der Waals surface area (Å²) in [6.07, 6.45) is 1.98. The number of rotatable bonds is 1. The Morgan fingerprint density at radius 2 is 2.30 bits per heavy atom. The van der Waals surface area contributed by atoms with Crippen molar-refractivity contribution in [2.24, 2.45) is 5.92 Å². The molecule has 0 unspecified atom stereocenters. The van der Waals surface area contributed by atoms with E-state index in [1.54, 1.807) is 0 Å². The molecule has 0 bridgehead atoms. The summed E-state index contributed by atoms with van der Waals surface area (Å²) >= 11 is 0. The molecule has 0 aromatic carbocycles. The minimum Gasteiger partial charge on any atom is -0.312 e. The quantitative estimate of drug-likeness (QED) is 0.592. The van der Waals surface area contributed by atoms with Gasteiger partial charge in [-0.2, -0.15) is 0 Å². The first-order valence-corrected chi connectivity index (χ1v) is 3.95. The summed E-state index contributed by atoms with van der Waals surface area (Å²) in [4.78, 5) is 0. The fourth-order valence-electron chi connectivity index (χ4n) is 1.64. The van der Waals surface area contributed by atoms with E-state index in [-0.39, 0.29) is 12.2 Å². The molecule has 1 nitrogen and oxygen atoms in total. The highest BCUT2D eigenvalue weighted by atomic mass is 19.1. The molecular formula is C8H16FN. The van der Waals surface area contributed by atoms with Gasteiger partial charge in [-0.3, -0.25) is 4.39 Å². The summed E-state index contributed by atoms with van der Waals surface area (Å²) in [5.74, 6) is 0.302. The molecule has 1 aliphatic heterocycles. The fraction of sp³-hybridized carbons (Fsp3) is 1.00. The van der Waals surface area contributed by atoms with Gasteiger partial charge >= 0.3 is 0 Å². The van der Waals surface area contributed by atoms with Crippen molar-refractivity contribution in [1.82, 2.24) is 5.32 Å². The average molecular weight is 145 g/mol. The maximum atomic E-state index is 12.2. The van der Waals surface area contributed by atoms with Crippen LogP contribution in [0.1, 0.15) is 26.7 Å². The Labute approximate surface area is 62.0 Å². The lowest BCUT2D eigenvalue weighted by molar-refractivity contribution is 0.198. The standard InChI is InChI=1S/C8H16FN/c1-8(2)5-7(6-9)3-4-10-8/h7,10H,3-6H2,1-2H3/t7-/m0/s1. The molecule has 0 radical (unpaired) electrons. The third-order valence-corrected chi connectivity index (χ3v) is 2.17. The van der Waals surface area contributed by atoms with Crippen LogP contribution in [-0.4, -0.2) is 18.8 Å². The second-order valence-electron chi connectivity index (χ2n) is 3.82. The molecule has 10 heavy (non-hydrogen) atoms. The molecule has 0 aromatic rings. The lowest BCUT2D eigenvalue weighted by Gasteiger charge is -2.35. The number of nitrogens with one attached hydrogen (secondary N) is 1. The zero-order valence-electron chi connectivity index (χ0n) is 6.78. The molecule has 0 amide bonds. The van der Waals surface area contributed by atoms with Gasteiger partial charge in [-0.05, 0) is 39.2 Å². The monoisotopic (exact) mass is 145 g/mol. The summed E-state index contributed by atoms with van der Waals surface area (Å²) in [6.45, 7) is 5.09. The fourth-order valence-corrected chi connectivity index (χ4v) is 1.64. The van der Waals surface area contributed by atoms with Crippen LogP contribution in [0.15, 0.2) is 0 Å². The predicted octanol–water partition coefficient (Wildman–Crippen LogP) is 1.73. The van der Waals surface area contributed by atoms with Crippen LogP contribution >= 0.6 is 0 Å². The molecule has 1 heterocycles. The molecule has 0 saturated carbocycles. The molecule has 2 heteroatoms. The summed E-state index contributed by atoms with van der Waals surface area (Å²) in [6, 6.07) is 0. The Hall–Kier alpha value is -0.110. The molecule has 0 aliphatic carbocycles. The topological polar surface area (TPSA) is 12.0 Å². The summed E-state index contributed by atoms with van der Waals surface area (Å²) in [7, 11) is 0. The molecule has 1 aliphatic rings. The minimum atomic E-state index is -0.148. The van der Waals surface area contributed by atoms with Crippen LogP contribution < -0.4 is 5.32 Å². The number of piperidine rings is 1. The van der Waals surface area contributed by atoms with Gasteiger partial charge in [-0.25, -0.2) is 0 Å². The van der Waals surface area contributed by atoms with Gasteiger partial charge in [-0.15, -0.1) is 0 Å². The van der Waals surface area contributed by atoms with Crippen LogP contribution in [0.5, 0.6) is 0 Å². The number of hydrogen-bond acceptors (Lipinski definition) is 1. The van der Waals surface area contributed by atoms with E-state index >= 15 is 0 Å². The van der Waals surface area contributed by atoms with E-state index in [0.29, 0.717) is 5.92 Å². The lowest BCUT2D eigenvalue weighted by atomic mass is 9.85. The van der Waals surface area contributed by atoms with Crippen molar-refractivity contribution in [3.8, 4) is 0 Å². The minimum absolute atomic E-state index is 0.148. The van der Waals surface area contributed by atoms with Crippen LogP contribution in [0.25, 0.3) is 0 Å². The van der Waals surface area contributed by atoms with Crippen LogP contribution in [0.3, 0.4) is 0 Å². The normalized spacial score (nSPS) is 32.1. The zero-order chi connectivity index (χ0) is 7.61. The Kier molecular flexibility index (Phi) is 2.29. The molecule has 1 atom stereocenters. The molecule has 0 aromatic heterocycles. The van der Waals surface area contributed by atoms with E-state index in [9.17, 15) is 4.39 Å². The average Bonchev–Trinajstić information content (AvgIpc) is 1.86. The van der Waals surface area contributed by atoms with E-state index in [1.807, 2.05) is 0 Å². The maximum Gasteiger partial charge on any atom is 0.0923 e. The van der Waals surface area contributed by atoms with Crippen molar-refractivity contribution in [1.29, 1.82) is 0 Å². The van der Waals surface area contributed by atoms with Gasteiger partial charge in [0.15, 0.2) is 0 Å². The Balaban J connectivity index is 2.40. The highest BCUT2D eigenvalue weighted by molar-refractivity contribution is 4.85. The molecular weight excluding hydrogens is 129 g/mol. The Bertz CT molecular complexity index is 112. The van der Waals surface area contributed by atoms with E-state index in [1.165, 1.54) is 0 Å². The van der Waals surface area contributed by atoms with Crippen molar-refractivity contribution in [3.63, 3.8) is 0 Å². The molecule has 1 saturated heterocycles. The van der Waals surface area contributed by atoms with E-state index in [4.69, 9.17) is 0 Å². The van der Waals surface area contributed by atoms with Crippen LogP contribution in [0.4, 0.5) is 4.39 Å². The van der Waals surface area contributed by atoms with E-state index in [2.05, 4.69) is 19.2 Å². The van der Waals surface area contributed by atoms with Gasteiger partial charge in [0.25, 0.3) is 0 Å². The van der Waals surface area contributed by atoms with Crippen molar-refractivity contribution in [2.75, 3.05) is 13.2 Å². The third-order valence-electron chi connectivity index (χ3n) is 2.17. The molecule has 0 spiro atoms. The lowest BCUT2D eigenvalue weighted by Crippen LogP contribution is -2.46. The summed E-state index contributed by atoms with van der Waals surface area (Å²) in [5.41, 5.74) is 0.162. The number of halogens is 1. The van der Waals surface area contributed by atoms with Crippen molar-refractivity contribution in [2.45, 2.75) is 32.2 Å². The van der Waals surface area contributed by atoms with Gasteiger partial charge in [0.1, 0.15) is 0 Å². The van der Waals surface area contributed by atoms with Crippen LogP contribution in [0.2, 0.25) is 0 Å². The second kappa shape index (κ2) is 2.87. The van der Waals surface area contributed by atoms with Crippen molar-refractivity contribution >= 4 is 0 Å². The predicted molar refractivity (Wildman–Crippen MR) is 40.8 cm³/mol. The highest BCUT2D eigenvalue weighted by Gasteiger charge is 2.26. The van der Waals surface area contributed by atoms with Gasteiger partial charge < -0.3 is 5.32 Å². The SMILES string of the molecule is CC1(C)C[C@@H](CF)CCN1. The van der Waals surface area contributed by atoms with Gasteiger partial charge in [0, 0.05) is 5.54 Å². The first-order chi connectivity index (χ1) is 4.64. The molecule has 1 N–H and O–H groups in total. The van der Waals surface area contributed by atoms with Gasteiger partial charge in [0.2, 0.25) is 0 Å². The highest BCUT2D eigenvalue weighted by Crippen LogP contribution is 2.23. The summed E-state index contributed by atoms with van der Waals surface area (Å²) in [5, 5.41) is 3.36. The maximum absolute atomic E-state index is 12.2. The van der Waals surface area contributed by atoms with Gasteiger partial charge in [0.05, 0.1) is 6.67 Å². The van der Waals surface area contributed by atoms with Crippen molar-refractivity contribution in [3.05, 3.63) is 0 Å². The smallest absolute Gasteiger partial charge is 0.0923 e. The zero-order valence-corrected chi connectivity index (χ0v) is 6.78. The van der Waals surface area contributed by atoms with Gasteiger partial charge in [-0.1, -0.05) is 0 Å². The van der Waals surface area contributed by atoms with E-state index in [0.717, 1.165) is 19.4 Å². The third kappa shape index (κ3) is 1.94. The largest absolute Gasteiger partial charge is 0.312 e. The molecule has 1 rings (SSSR count). The number of hydrogen-bond donors (Lipinski definition) is 1. The molecule has 1 fully saturated rings. The Morgan fingerprint density at radius 3 is 2.70 bits per heavy atom. The second-order valence-corrected chi connectivity index (χ2v) is 3.82. The first-order valence-electron chi connectivity index (χ1n) is 3.95. The van der Waals surface area contributed by atoms with E-state index < -0.39 is 0 Å². The Morgan fingerprint density at radius 1 is 1.60 bits per heavy atom.